The molecule has 22 heavy (non-hydrogen) atoms. The first-order valence-electron chi connectivity index (χ1n) is 6.70. The van der Waals surface area contributed by atoms with Crippen LogP contribution in [-0.2, 0) is 4.79 Å². The Morgan fingerprint density at radius 1 is 1.23 bits per heavy atom. The van der Waals surface area contributed by atoms with Crippen molar-refractivity contribution in [1.82, 2.24) is 9.88 Å². The third-order valence-corrected chi connectivity index (χ3v) is 3.91. The SMILES string of the molecule is Cc1nc(NC(=O)C=Cc2ccccc2)sc1C(=O)N(C)C. The molecule has 0 unspecified atom stereocenters. The van der Waals surface area contributed by atoms with Crippen molar-refractivity contribution in [2.75, 3.05) is 19.4 Å². The van der Waals surface area contributed by atoms with E-state index < -0.39 is 0 Å². The summed E-state index contributed by atoms with van der Waals surface area (Å²) in [6.07, 6.45) is 3.17. The maximum Gasteiger partial charge on any atom is 0.265 e. The second kappa shape index (κ2) is 7.00. The zero-order chi connectivity index (χ0) is 16.1. The van der Waals surface area contributed by atoms with Crippen LogP contribution in [0.5, 0.6) is 0 Å². The lowest BCUT2D eigenvalue weighted by Gasteiger charge is -2.07. The number of anilines is 1. The van der Waals surface area contributed by atoms with E-state index in [9.17, 15) is 9.59 Å². The Morgan fingerprint density at radius 3 is 2.55 bits per heavy atom. The number of nitrogens with zero attached hydrogens (tertiary/aromatic N) is 2. The lowest BCUT2D eigenvalue weighted by molar-refractivity contribution is -0.111. The van der Waals surface area contributed by atoms with Crippen molar-refractivity contribution < 1.29 is 9.59 Å². The lowest BCUT2D eigenvalue weighted by Crippen LogP contribution is -2.21. The van der Waals surface area contributed by atoms with Gasteiger partial charge in [-0.2, -0.15) is 0 Å². The largest absolute Gasteiger partial charge is 0.344 e. The van der Waals surface area contributed by atoms with Crippen molar-refractivity contribution in [3.63, 3.8) is 0 Å². The molecular weight excluding hydrogens is 298 g/mol. The zero-order valence-electron chi connectivity index (χ0n) is 12.7. The topological polar surface area (TPSA) is 62.3 Å². The van der Waals surface area contributed by atoms with Gasteiger partial charge >= 0.3 is 0 Å². The van der Waals surface area contributed by atoms with Gasteiger partial charge in [0, 0.05) is 20.2 Å². The summed E-state index contributed by atoms with van der Waals surface area (Å²) in [5, 5.41) is 3.10. The van der Waals surface area contributed by atoms with Crippen LogP contribution in [0.1, 0.15) is 20.9 Å². The standard InChI is InChI=1S/C16H17N3O2S/c1-11-14(15(21)19(2)3)22-16(17-11)18-13(20)10-9-12-7-5-4-6-8-12/h4-10H,1-3H3,(H,17,18,20). The number of carbonyl (C=O) groups is 2. The Morgan fingerprint density at radius 2 is 1.91 bits per heavy atom. The van der Waals surface area contributed by atoms with Gasteiger partial charge in [0.1, 0.15) is 4.88 Å². The van der Waals surface area contributed by atoms with Gasteiger partial charge in [-0.15, -0.1) is 0 Å². The molecule has 1 N–H and O–H groups in total. The maximum absolute atomic E-state index is 11.9. The molecule has 0 aliphatic rings. The fraction of sp³-hybridized carbons (Fsp3) is 0.188. The summed E-state index contributed by atoms with van der Waals surface area (Å²) in [6.45, 7) is 1.75. The van der Waals surface area contributed by atoms with E-state index in [2.05, 4.69) is 10.3 Å². The highest BCUT2D eigenvalue weighted by Gasteiger charge is 2.17. The summed E-state index contributed by atoms with van der Waals surface area (Å²) in [5.41, 5.74) is 1.56. The Kier molecular flexibility index (Phi) is 5.06. The van der Waals surface area contributed by atoms with Crippen molar-refractivity contribution in [3.8, 4) is 0 Å². The number of aryl methyl sites for hydroxylation is 1. The molecule has 0 fully saturated rings. The number of amides is 2. The molecule has 1 aromatic carbocycles. The van der Waals surface area contributed by atoms with Gasteiger partial charge in [-0.25, -0.2) is 4.98 Å². The van der Waals surface area contributed by atoms with E-state index >= 15 is 0 Å². The predicted octanol–water partition coefficient (Wildman–Crippen LogP) is 2.81. The number of hydrogen-bond acceptors (Lipinski definition) is 4. The number of hydrogen-bond donors (Lipinski definition) is 1. The van der Waals surface area contributed by atoms with Gasteiger partial charge < -0.3 is 4.90 Å². The molecule has 0 saturated heterocycles. The van der Waals surface area contributed by atoms with Gasteiger partial charge in [-0.3, -0.25) is 14.9 Å². The van der Waals surface area contributed by atoms with Gasteiger partial charge in [0.2, 0.25) is 5.91 Å². The van der Waals surface area contributed by atoms with Gasteiger partial charge in [0.05, 0.1) is 5.69 Å². The average Bonchev–Trinajstić information content (AvgIpc) is 2.85. The van der Waals surface area contributed by atoms with Gasteiger partial charge in [-0.05, 0) is 18.6 Å². The van der Waals surface area contributed by atoms with E-state index in [1.165, 1.54) is 22.3 Å². The fourth-order valence-electron chi connectivity index (χ4n) is 1.73. The smallest absolute Gasteiger partial charge is 0.265 e. The molecule has 1 heterocycles. The van der Waals surface area contributed by atoms with Crippen LogP contribution in [0.15, 0.2) is 36.4 Å². The molecule has 2 amide bonds. The Hall–Kier alpha value is -2.47. The molecule has 0 aliphatic heterocycles. The van der Waals surface area contributed by atoms with E-state index in [0.717, 1.165) is 5.56 Å². The number of carbonyl (C=O) groups excluding carboxylic acids is 2. The highest BCUT2D eigenvalue weighted by atomic mass is 32.1. The van der Waals surface area contributed by atoms with Crippen molar-refractivity contribution in [3.05, 3.63) is 52.5 Å². The van der Waals surface area contributed by atoms with Crippen molar-refractivity contribution >= 4 is 34.4 Å². The Bertz CT molecular complexity index is 705. The quantitative estimate of drug-likeness (QED) is 0.883. The van der Waals surface area contributed by atoms with Gasteiger partial charge in [0.25, 0.3) is 5.91 Å². The fourth-order valence-corrected chi connectivity index (χ4v) is 2.73. The number of rotatable bonds is 4. The van der Waals surface area contributed by atoms with Crippen LogP contribution in [0.2, 0.25) is 0 Å². The van der Waals surface area contributed by atoms with Crippen LogP contribution >= 0.6 is 11.3 Å². The van der Waals surface area contributed by atoms with Crippen LogP contribution in [0.4, 0.5) is 5.13 Å². The molecule has 0 spiro atoms. The molecule has 1 aromatic heterocycles. The summed E-state index contributed by atoms with van der Waals surface area (Å²) in [7, 11) is 3.37. The van der Waals surface area contributed by atoms with Crippen molar-refractivity contribution in [1.29, 1.82) is 0 Å². The normalized spacial score (nSPS) is 10.7. The number of thiazole rings is 1. The molecule has 2 aromatic rings. The minimum absolute atomic E-state index is 0.115. The van der Waals surface area contributed by atoms with Crippen LogP contribution in [0, 0.1) is 6.92 Å². The summed E-state index contributed by atoms with van der Waals surface area (Å²) in [4.78, 5) is 30.1. The molecule has 0 bridgehead atoms. The summed E-state index contributed by atoms with van der Waals surface area (Å²) < 4.78 is 0. The zero-order valence-corrected chi connectivity index (χ0v) is 13.5. The van der Waals surface area contributed by atoms with E-state index in [-0.39, 0.29) is 11.8 Å². The third-order valence-electron chi connectivity index (χ3n) is 2.85. The second-order valence-electron chi connectivity index (χ2n) is 4.87. The summed E-state index contributed by atoms with van der Waals surface area (Å²) >= 11 is 1.18. The van der Waals surface area contributed by atoms with E-state index in [1.54, 1.807) is 27.1 Å². The minimum atomic E-state index is -0.276. The molecule has 2 rings (SSSR count). The first kappa shape index (κ1) is 15.9. The molecule has 0 radical (unpaired) electrons. The van der Waals surface area contributed by atoms with Gasteiger partial charge in [-0.1, -0.05) is 41.7 Å². The van der Waals surface area contributed by atoms with Crippen molar-refractivity contribution in [2.24, 2.45) is 0 Å². The molecule has 0 atom stereocenters. The van der Waals surface area contributed by atoms with E-state index in [4.69, 9.17) is 0 Å². The Balaban J connectivity index is 2.05. The van der Waals surface area contributed by atoms with E-state index in [1.807, 2.05) is 30.3 Å². The van der Waals surface area contributed by atoms with Crippen LogP contribution in [-0.4, -0.2) is 35.8 Å². The second-order valence-corrected chi connectivity index (χ2v) is 5.87. The monoisotopic (exact) mass is 315 g/mol. The first-order chi connectivity index (χ1) is 10.5. The van der Waals surface area contributed by atoms with Crippen molar-refractivity contribution in [2.45, 2.75) is 6.92 Å². The predicted molar refractivity (Wildman–Crippen MR) is 89.0 cm³/mol. The summed E-state index contributed by atoms with van der Waals surface area (Å²) in [5.74, 6) is -0.392. The first-order valence-corrected chi connectivity index (χ1v) is 7.52. The highest BCUT2D eigenvalue weighted by molar-refractivity contribution is 7.17. The molecule has 114 valence electrons. The van der Waals surface area contributed by atoms with Crippen LogP contribution < -0.4 is 5.32 Å². The molecule has 6 heteroatoms. The molecular formula is C16H17N3O2S. The molecule has 5 nitrogen and oxygen atoms in total. The average molecular weight is 315 g/mol. The van der Waals surface area contributed by atoms with Crippen LogP contribution in [0.25, 0.3) is 6.08 Å². The van der Waals surface area contributed by atoms with Crippen LogP contribution in [0.3, 0.4) is 0 Å². The maximum atomic E-state index is 11.9. The number of aromatic nitrogens is 1. The summed E-state index contributed by atoms with van der Waals surface area (Å²) in [6, 6.07) is 9.54. The Labute approximate surface area is 133 Å². The third kappa shape index (κ3) is 4.02. The number of nitrogens with one attached hydrogen (secondary N) is 1. The van der Waals surface area contributed by atoms with Gasteiger partial charge in [0.15, 0.2) is 5.13 Å². The number of benzene rings is 1. The lowest BCUT2D eigenvalue weighted by atomic mass is 10.2. The van der Waals surface area contributed by atoms with E-state index in [0.29, 0.717) is 15.7 Å². The minimum Gasteiger partial charge on any atom is -0.344 e. The molecule has 0 saturated carbocycles. The highest BCUT2D eigenvalue weighted by Crippen LogP contribution is 2.23. The molecule has 0 aliphatic carbocycles.